The third-order valence-corrected chi connectivity index (χ3v) is 6.93. The zero-order valence-corrected chi connectivity index (χ0v) is 17.3. The van der Waals surface area contributed by atoms with Gasteiger partial charge in [-0.2, -0.15) is 4.98 Å². The predicted molar refractivity (Wildman–Crippen MR) is 108 cm³/mol. The molecule has 2 aliphatic heterocycles. The van der Waals surface area contributed by atoms with E-state index in [2.05, 4.69) is 15.0 Å². The van der Waals surface area contributed by atoms with Crippen LogP contribution in [0.5, 0.6) is 0 Å². The first-order chi connectivity index (χ1) is 14.7. The zero-order chi connectivity index (χ0) is 21.9. The lowest BCUT2D eigenvalue weighted by Crippen LogP contribution is -2.39. The topological polar surface area (TPSA) is 201 Å². The number of phosphoric acid groups is 1. The number of imidazole rings is 1. The van der Waals surface area contributed by atoms with E-state index >= 15 is 0 Å². The summed E-state index contributed by atoms with van der Waals surface area (Å²) in [6.07, 6.45) is -4.50. The van der Waals surface area contributed by atoms with Crippen LogP contribution in [0.3, 0.4) is 0 Å². The Morgan fingerprint density at radius 3 is 2.84 bits per heavy atom. The third kappa shape index (κ3) is 3.51. The van der Waals surface area contributed by atoms with Gasteiger partial charge in [0.25, 0.3) is 5.56 Å². The molecule has 3 aromatic rings. The molecule has 2 saturated heterocycles. The number of hydrogen-bond acceptors (Lipinski definition) is 11. The number of nitrogens with two attached hydrogens (primary N) is 2. The molecule has 5 atom stereocenters. The maximum Gasteiger partial charge on any atom is 0.472 e. The van der Waals surface area contributed by atoms with E-state index in [-0.39, 0.29) is 28.9 Å². The lowest BCUT2D eigenvalue weighted by atomic mass is 10.1. The number of phosphoric ester groups is 1. The Bertz CT molecular complexity index is 1280. The molecule has 7 N–H and O–H groups in total. The van der Waals surface area contributed by atoms with Crippen molar-refractivity contribution < 1.29 is 28.3 Å². The van der Waals surface area contributed by atoms with Crippen LogP contribution in [0.1, 0.15) is 6.23 Å². The molecule has 2 aromatic heterocycles. The summed E-state index contributed by atoms with van der Waals surface area (Å²) in [4.78, 5) is 33.6. The van der Waals surface area contributed by atoms with Crippen molar-refractivity contribution >= 4 is 42.4 Å². The van der Waals surface area contributed by atoms with Gasteiger partial charge in [-0.1, -0.05) is 12.1 Å². The molecule has 31 heavy (non-hydrogen) atoms. The van der Waals surface area contributed by atoms with Gasteiger partial charge in [0, 0.05) is 10.6 Å². The number of para-hydroxylation sites is 1. The molecule has 0 spiro atoms. The number of aromatic nitrogens is 4. The summed E-state index contributed by atoms with van der Waals surface area (Å²) >= 11 is 1.13. The first-order valence-corrected chi connectivity index (χ1v) is 11.3. The highest BCUT2D eigenvalue weighted by Crippen LogP contribution is 2.53. The van der Waals surface area contributed by atoms with E-state index in [0.717, 1.165) is 11.8 Å². The maximum atomic E-state index is 12.4. The minimum atomic E-state index is -4.31. The van der Waals surface area contributed by atoms with Crippen molar-refractivity contribution in [3.63, 3.8) is 0 Å². The number of aliphatic hydroxyl groups excluding tert-OH is 1. The average Bonchev–Trinajstić information content (AvgIpc) is 3.20. The number of anilines is 2. The van der Waals surface area contributed by atoms with E-state index in [4.69, 9.17) is 25.3 Å². The zero-order valence-electron chi connectivity index (χ0n) is 15.6. The molecule has 5 unspecified atom stereocenters. The summed E-state index contributed by atoms with van der Waals surface area (Å²) in [6.45, 7) is -0.261. The van der Waals surface area contributed by atoms with Crippen molar-refractivity contribution in [2.45, 2.75) is 34.6 Å². The van der Waals surface area contributed by atoms with Crippen LogP contribution >= 0.6 is 19.6 Å². The Kier molecular flexibility index (Phi) is 4.82. The molecule has 13 nitrogen and oxygen atoms in total. The molecule has 0 aliphatic carbocycles. The van der Waals surface area contributed by atoms with E-state index in [9.17, 15) is 19.4 Å². The van der Waals surface area contributed by atoms with Crippen LogP contribution in [-0.4, -0.2) is 54.4 Å². The molecule has 164 valence electrons. The van der Waals surface area contributed by atoms with Gasteiger partial charge in [0.1, 0.15) is 18.3 Å². The number of nitrogens with one attached hydrogen (secondary N) is 1. The van der Waals surface area contributed by atoms with Crippen LogP contribution in [0, 0.1) is 0 Å². The van der Waals surface area contributed by atoms with Gasteiger partial charge in [0.15, 0.2) is 22.5 Å². The minimum absolute atomic E-state index is 0.0260. The molecule has 0 radical (unpaired) electrons. The molecular formula is C16H17N6O7PS. The van der Waals surface area contributed by atoms with Gasteiger partial charge in [0.05, 0.1) is 6.61 Å². The molecule has 1 aromatic carbocycles. The Hall–Kier alpha value is -2.45. The lowest BCUT2D eigenvalue weighted by molar-refractivity contribution is -0.0684. The average molecular weight is 468 g/mol. The number of benzene rings is 1. The van der Waals surface area contributed by atoms with E-state index in [1.807, 2.05) is 0 Å². The Balaban J connectivity index is 1.64. The minimum Gasteiger partial charge on any atom is -0.398 e. The van der Waals surface area contributed by atoms with Crippen molar-refractivity contribution in [2.24, 2.45) is 0 Å². The SMILES string of the molecule is Nc1nc2c(nc(Sc3ccccc3N)n2C2OC3COP(=O)(O)OC3C2O)c(=O)[nH]1. The largest absolute Gasteiger partial charge is 0.472 e. The van der Waals surface area contributed by atoms with Gasteiger partial charge in [0.2, 0.25) is 5.95 Å². The Morgan fingerprint density at radius 1 is 1.29 bits per heavy atom. The van der Waals surface area contributed by atoms with E-state index in [1.54, 1.807) is 24.3 Å². The number of aliphatic hydroxyl groups is 1. The fourth-order valence-electron chi connectivity index (χ4n) is 3.50. The van der Waals surface area contributed by atoms with Gasteiger partial charge < -0.3 is 26.2 Å². The highest BCUT2D eigenvalue weighted by atomic mass is 32.2. The second kappa shape index (κ2) is 7.31. The standard InChI is InChI=1S/C16H17N6O7PS/c17-6-3-1-2-4-8(6)31-16-19-9-12(20-15(18)21-13(9)24)22(16)14-10(23)11-7(28-14)5-27-30(25,26)29-11/h1-4,7,10-11,14,23H,5,17H2,(H,25,26)(H3,18,20,21,24). The summed E-state index contributed by atoms with van der Waals surface area (Å²) in [5.74, 6) is -0.154. The summed E-state index contributed by atoms with van der Waals surface area (Å²) in [6, 6.07) is 7.03. The molecule has 5 rings (SSSR count). The summed E-state index contributed by atoms with van der Waals surface area (Å²) in [5, 5.41) is 11.1. The van der Waals surface area contributed by atoms with Gasteiger partial charge >= 0.3 is 7.82 Å². The number of fused-ring (bicyclic) bond motifs is 2. The molecule has 2 fully saturated rings. The summed E-state index contributed by atoms with van der Waals surface area (Å²) < 4.78 is 28.8. The second-order valence-corrected chi connectivity index (χ2v) is 9.33. The molecule has 2 aliphatic rings. The summed E-state index contributed by atoms with van der Waals surface area (Å²) in [7, 11) is -4.31. The number of rotatable bonds is 3. The van der Waals surface area contributed by atoms with Crippen LogP contribution in [0.25, 0.3) is 11.2 Å². The lowest BCUT2D eigenvalue weighted by Gasteiger charge is -2.27. The monoisotopic (exact) mass is 468 g/mol. The van der Waals surface area contributed by atoms with Crippen molar-refractivity contribution in [2.75, 3.05) is 18.1 Å². The first-order valence-electron chi connectivity index (χ1n) is 9.03. The van der Waals surface area contributed by atoms with E-state index < -0.39 is 37.9 Å². The molecule has 4 heterocycles. The second-order valence-electron chi connectivity index (χ2n) is 6.92. The maximum absolute atomic E-state index is 12.4. The predicted octanol–water partition coefficient (Wildman–Crippen LogP) is 0.209. The van der Waals surface area contributed by atoms with Crippen molar-refractivity contribution in [1.82, 2.24) is 19.5 Å². The van der Waals surface area contributed by atoms with Gasteiger partial charge in [-0.25, -0.2) is 9.55 Å². The van der Waals surface area contributed by atoms with Crippen molar-refractivity contribution in [3.8, 4) is 0 Å². The number of nitrogen functional groups attached to an aromatic ring is 2. The van der Waals surface area contributed by atoms with Crippen molar-refractivity contribution in [3.05, 3.63) is 34.6 Å². The van der Waals surface area contributed by atoms with Gasteiger partial charge in [-0.3, -0.25) is 23.4 Å². The number of nitrogens with zero attached hydrogens (tertiary/aromatic N) is 3. The van der Waals surface area contributed by atoms with Crippen LogP contribution < -0.4 is 17.0 Å². The number of hydrogen-bond donors (Lipinski definition) is 5. The van der Waals surface area contributed by atoms with Gasteiger partial charge in [-0.15, -0.1) is 0 Å². The highest BCUT2D eigenvalue weighted by molar-refractivity contribution is 7.99. The van der Waals surface area contributed by atoms with Crippen LogP contribution in [0.4, 0.5) is 11.6 Å². The number of H-pyrrole nitrogens is 1. The van der Waals surface area contributed by atoms with E-state index in [0.29, 0.717) is 10.6 Å². The fourth-order valence-corrected chi connectivity index (χ4v) is 5.42. The third-order valence-electron chi connectivity index (χ3n) is 4.88. The molecule has 0 amide bonds. The van der Waals surface area contributed by atoms with Crippen LogP contribution in [0.2, 0.25) is 0 Å². The van der Waals surface area contributed by atoms with Gasteiger partial charge in [-0.05, 0) is 23.9 Å². The molecule has 0 saturated carbocycles. The highest BCUT2D eigenvalue weighted by Gasteiger charge is 2.53. The normalized spacial score (nSPS) is 30.5. The first kappa shape index (κ1) is 20.5. The van der Waals surface area contributed by atoms with Crippen LogP contribution in [0.15, 0.2) is 39.1 Å². The number of aromatic amines is 1. The molecular weight excluding hydrogens is 451 g/mol. The van der Waals surface area contributed by atoms with Crippen molar-refractivity contribution in [1.29, 1.82) is 0 Å². The summed E-state index contributed by atoms with van der Waals surface area (Å²) in [5.41, 5.74) is 11.7. The Labute approximate surface area is 178 Å². The fraction of sp³-hybridized carbons (Fsp3) is 0.312. The van der Waals surface area contributed by atoms with Crippen LogP contribution in [-0.2, 0) is 18.3 Å². The Morgan fingerprint density at radius 2 is 2.06 bits per heavy atom. The quantitative estimate of drug-likeness (QED) is 0.259. The molecule has 0 bridgehead atoms. The smallest absolute Gasteiger partial charge is 0.398 e. The van der Waals surface area contributed by atoms with E-state index in [1.165, 1.54) is 4.57 Å². The number of ether oxygens (including phenoxy) is 1. The molecule has 15 heteroatoms.